The van der Waals surface area contributed by atoms with Crippen LogP contribution in [0.25, 0.3) is 0 Å². The standard InChI is InChI=1S/C12H11F3N2S/c13-12(14,15)18-11-4-2-1-3-10(11)17-8-9-5-6-16-7-9/h1-7,16-17H,8H2. The van der Waals surface area contributed by atoms with Gasteiger partial charge in [-0.05, 0) is 35.5 Å². The van der Waals surface area contributed by atoms with Crippen LogP contribution in [0.5, 0.6) is 0 Å². The maximum Gasteiger partial charge on any atom is 0.446 e. The van der Waals surface area contributed by atoms with E-state index in [9.17, 15) is 13.2 Å². The zero-order chi connectivity index (χ0) is 13.0. The third-order valence-electron chi connectivity index (χ3n) is 2.26. The van der Waals surface area contributed by atoms with Gasteiger partial charge in [-0.25, -0.2) is 0 Å². The summed E-state index contributed by atoms with van der Waals surface area (Å²) in [4.78, 5) is 3.07. The second-order valence-corrected chi connectivity index (χ2v) is 4.72. The molecule has 2 rings (SSSR count). The minimum absolute atomic E-state index is 0.106. The third kappa shape index (κ3) is 3.73. The van der Waals surface area contributed by atoms with E-state index in [-0.39, 0.29) is 16.7 Å². The number of aromatic nitrogens is 1. The quantitative estimate of drug-likeness (QED) is 0.815. The van der Waals surface area contributed by atoms with E-state index in [1.807, 2.05) is 6.07 Å². The number of anilines is 1. The molecule has 0 aliphatic rings. The molecule has 0 aliphatic heterocycles. The Balaban J connectivity index is 2.07. The average Bonchev–Trinajstić information content (AvgIpc) is 2.79. The number of H-pyrrole nitrogens is 1. The number of thioether (sulfide) groups is 1. The van der Waals surface area contributed by atoms with E-state index in [0.717, 1.165) is 5.56 Å². The van der Waals surface area contributed by atoms with Gasteiger partial charge in [-0.2, -0.15) is 13.2 Å². The van der Waals surface area contributed by atoms with Crippen molar-refractivity contribution in [2.45, 2.75) is 16.9 Å². The van der Waals surface area contributed by atoms with E-state index in [0.29, 0.717) is 12.2 Å². The predicted octanol–water partition coefficient (Wildman–Crippen LogP) is 4.24. The summed E-state index contributed by atoms with van der Waals surface area (Å²) in [5, 5.41) is 3.00. The van der Waals surface area contributed by atoms with Crippen molar-refractivity contribution in [3.63, 3.8) is 0 Å². The number of para-hydroxylation sites is 1. The Kier molecular flexibility index (Phi) is 3.86. The monoisotopic (exact) mass is 272 g/mol. The first-order chi connectivity index (χ1) is 8.54. The van der Waals surface area contributed by atoms with Gasteiger partial charge in [-0.15, -0.1) is 0 Å². The molecule has 1 heterocycles. The molecular weight excluding hydrogens is 261 g/mol. The molecule has 0 fully saturated rings. The lowest BCUT2D eigenvalue weighted by atomic mass is 10.3. The van der Waals surface area contributed by atoms with Gasteiger partial charge in [0.15, 0.2) is 0 Å². The molecule has 2 nitrogen and oxygen atoms in total. The molecular formula is C12H11F3N2S. The Labute approximate surface area is 107 Å². The van der Waals surface area contributed by atoms with Crippen molar-refractivity contribution in [2.24, 2.45) is 0 Å². The van der Waals surface area contributed by atoms with Crippen LogP contribution < -0.4 is 5.32 Å². The number of hydrogen-bond acceptors (Lipinski definition) is 2. The van der Waals surface area contributed by atoms with Crippen molar-refractivity contribution in [1.82, 2.24) is 4.98 Å². The molecule has 0 amide bonds. The molecule has 96 valence electrons. The van der Waals surface area contributed by atoms with E-state index in [2.05, 4.69) is 10.3 Å². The van der Waals surface area contributed by atoms with Crippen LogP contribution in [0, 0.1) is 0 Å². The Morgan fingerprint density at radius 2 is 1.94 bits per heavy atom. The lowest BCUT2D eigenvalue weighted by Gasteiger charge is -2.12. The SMILES string of the molecule is FC(F)(F)Sc1ccccc1NCc1cc[nH]c1. The van der Waals surface area contributed by atoms with Crippen LogP contribution in [0.2, 0.25) is 0 Å². The van der Waals surface area contributed by atoms with Crippen molar-refractivity contribution in [3.8, 4) is 0 Å². The van der Waals surface area contributed by atoms with Crippen molar-refractivity contribution in [1.29, 1.82) is 0 Å². The minimum Gasteiger partial charge on any atom is -0.380 e. The van der Waals surface area contributed by atoms with Gasteiger partial charge in [-0.1, -0.05) is 12.1 Å². The molecule has 0 saturated heterocycles. The highest BCUT2D eigenvalue weighted by atomic mass is 32.2. The first kappa shape index (κ1) is 12.9. The fourth-order valence-electron chi connectivity index (χ4n) is 1.49. The molecule has 2 N–H and O–H groups in total. The Bertz CT molecular complexity index is 494. The molecule has 0 saturated carbocycles. The van der Waals surface area contributed by atoms with Crippen LogP contribution in [-0.2, 0) is 6.54 Å². The summed E-state index contributed by atoms with van der Waals surface area (Å²) in [5.74, 6) is 0. The number of aromatic amines is 1. The summed E-state index contributed by atoms with van der Waals surface area (Å²) >= 11 is -0.106. The normalized spacial score (nSPS) is 11.5. The van der Waals surface area contributed by atoms with Crippen LogP contribution in [-0.4, -0.2) is 10.5 Å². The van der Waals surface area contributed by atoms with Crippen molar-refractivity contribution in [3.05, 3.63) is 48.3 Å². The molecule has 0 bridgehead atoms. The molecule has 0 atom stereocenters. The summed E-state index contributed by atoms with van der Waals surface area (Å²) in [5.41, 5.74) is -2.80. The first-order valence-corrected chi connectivity index (χ1v) is 6.06. The van der Waals surface area contributed by atoms with Gasteiger partial charge in [0.1, 0.15) is 0 Å². The van der Waals surface area contributed by atoms with Gasteiger partial charge >= 0.3 is 5.51 Å². The molecule has 1 aromatic heterocycles. The number of hydrogen-bond donors (Lipinski definition) is 2. The second kappa shape index (κ2) is 5.39. The fourth-order valence-corrected chi connectivity index (χ4v) is 2.14. The molecule has 18 heavy (non-hydrogen) atoms. The first-order valence-electron chi connectivity index (χ1n) is 5.25. The zero-order valence-electron chi connectivity index (χ0n) is 9.29. The second-order valence-electron chi connectivity index (χ2n) is 3.62. The highest BCUT2D eigenvalue weighted by Crippen LogP contribution is 2.40. The number of nitrogens with one attached hydrogen (secondary N) is 2. The highest BCUT2D eigenvalue weighted by Gasteiger charge is 2.30. The third-order valence-corrected chi connectivity index (χ3v) is 3.07. The maximum atomic E-state index is 12.4. The van der Waals surface area contributed by atoms with Gasteiger partial charge in [0.25, 0.3) is 0 Å². The lowest BCUT2D eigenvalue weighted by Crippen LogP contribution is -2.03. The van der Waals surface area contributed by atoms with Gasteiger partial charge in [0.2, 0.25) is 0 Å². The summed E-state index contributed by atoms with van der Waals surface area (Å²) in [7, 11) is 0. The van der Waals surface area contributed by atoms with Crippen LogP contribution in [0.15, 0.2) is 47.6 Å². The topological polar surface area (TPSA) is 27.8 Å². The van der Waals surface area contributed by atoms with E-state index in [1.54, 1.807) is 30.6 Å². The van der Waals surface area contributed by atoms with E-state index < -0.39 is 5.51 Å². The molecule has 2 aromatic rings. The predicted molar refractivity (Wildman–Crippen MR) is 66.5 cm³/mol. The van der Waals surface area contributed by atoms with Crippen LogP contribution in [0.1, 0.15) is 5.56 Å². The van der Waals surface area contributed by atoms with Crippen molar-refractivity contribution in [2.75, 3.05) is 5.32 Å². The summed E-state index contributed by atoms with van der Waals surface area (Å²) in [6, 6.07) is 8.26. The molecule has 0 unspecified atom stereocenters. The van der Waals surface area contributed by atoms with E-state index >= 15 is 0 Å². The largest absolute Gasteiger partial charge is 0.446 e. The number of rotatable bonds is 4. The van der Waals surface area contributed by atoms with Crippen molar-refractivity contribution >= 4 is 17.4 Å². The number of benzene rings is 1. The zero-order valence-corrected chi connectivity index (χ0v) is 10.1. The number of halogens is 3. The Hall–Kier alpha value is -1.56. The summed E-state index contributed by atoms with van der Waals surface area (Å²) in [6.45, 7) is 0.485. The van der Waals surface area contributed by atoms with E-state index in [1.165, 1.54) is 6.07 Å². The van der Waals surface area contributed by atoms with Gasteiger partial charge in [-0.3, -0.25) is 0 Å². The average molecular weight is 272 g/mol. The minimum atomic E-state index is -4.27. The fraction of sp³-hybridized carbons (Fsp3) is 0.167. The van der Waals surface area contributed by atoms with Gasteiger partial charge in [0, 0.05) is 29.5 Å². The summed E-state index contributed by atoms with van der Waals surface area (Å²) in [6.07, 6.45) is 3.57. The highest BCUT2D eigenvalue weighted by molar-refractivity contribution is 8.00. The van der Waals surface area contributed by atoms with Gasteiger partial charge < -0.3 is 10.3 Å². The van der Waals surface area contributed by atoms with Gasteiger partial charge in [0.05, 0.1) is 0 Å². The summed E-state index contributed by atoms with van der Waals surface area (Å²) < 4.78 is 37.1. The van der Waals surface area contributed by atoms with Crippen molar-refractivity contribution < 1.29 is 13.2 Å². The molecule has 0 radical (unpaired) electrons. The molecule has 0 aliphatic carbocycles. The van der Waals surface area contributed by atoms with Crippen LogP contribution in [0.3, 0.4) is 0 Å². The molecule has 1 aromatic carbocycles. The van der Waals surface area contributed by atoms with Crippen LogP contribution >= 0.6 is 11.8 Å². The Morgan fingerprint density at radius 3 is 2.61 bits per heavy atom. The smallest absolute Gasteiger partial charge is 0.380 e. The molecule has 6 heteroatoms. The van der Waals surface area contributed by atoms with E-state index in [4.69, 9.17) is 0 Å². The lowest BCUT2D eigenvalue weighted by molar-refractivity contribution is -0.0327. The van der Waals surface area contributed by atoms with Crippen LogP contribution in [0.4, 0.5) is 18.9 Å². The number of alkyl halides is 3. The Morgan fingerprint density at radius 1 is 1.17 bits per heavy atom. The molecule has 0 spiro atoms. The maximum absolute atomic E-state index is 12.4.